The van der Waals surface area contributed by atoms with Gasteiger partial charge in [0.2, 0.25) is 0 Å². The summed E-state index contributed by atoms with van der Waals surface area (Å²) in [4.78, 5) is 22.1. The molecule has 2 N–H and O–H groups in total. The average molecular weight is 316 g/mol. The van der Waals surface area contributed by atoms with Gasteiger partial charge in [-0.2, -0.15) is 0 Å². The van der Waals surface area contributed by atoms with Gasteiger partial charge in [0, 0.05) is 23.6 Å². The summed E-state index contributed by atoms with van der Waals surface area (Å²) in [5.74, 6) is -0.438. The molecule has 18 heavy (non-hydrogen) atoms. The van der Waals surface area contributed by atoms with Gasteiger partial charge in [-0.25, -0.2) is 0 Å². The van der Waals surface area contributed by atoms with E-state index in [1.807, 2.05) is 6.92 Å². The van der Waals surface area contributed by atoms with Crippen LogP contribution < -0.4 is 10.6 Å². The van der Waals surface area contributed by atoms with Gasteiger partial charge < -0.3 is 10.6 Å². The first-order valence-corrected chi connectivity index (χ1v) is 6.28. The molecular weight excluding hydrogens is 302 g/mol. The summed E-state index contributed by atoms with van der Waals surface area (Å²) in [6.07, 6.45) is 0. The largest absolute Gasteiger partial charge is 0.351 e. The van der Waals surface area contributed by atoms with Gasteiger partial charge in [-0.05, 0) is 18.7 Å². The van der Waals surface area contributed by atoms with Gasteiger partial charge in [0.1, 0.15) is 5.56 Å². The Labute approximate surface area is 113 Å². The summed E-state index contributed by atoms with van der Waals surface area (Å²) < 4.78 is 0.568. The molecule has 0 aliphatic rings. The van der Waals surface area contributed by atoms with Gasteiger partial charge in [-0.1, -0.05) is 22.9 Å². The van der Waals surface area contributed by atoms with E-state index in [0.29, 0.717) is 17.6 Å². The number of hydrogen-bond acceptors (Lipinski definition) is 4. The van der Waals surface area contributed by atoms with Gasteiger partial charge >= 0.3 is 0 Å². The zero-order valence-electron chi connectivity index (χ0n) is 9.90. The highest BCUT2D eigenvalue weighted by atomic mass is 79.9. The van der Waals surface area contributed by atoms with Gasteiger partial charge in [0.05, 0.1) is 4.92 Å². The Morgan fingerprint density at radius 2 is 2.17 bits per heavy atom. The van der Waals surface area contributed by atoms with Gasteiger partial charge in [0.25, 0.3) is 11.6 Å². The lowest BCUT2D eigenvalue weighted by Crippen LogP contribution is -2.32. The van der Waals surface area contributed by atoms with Crippen molar-refractivity contribution in [2.45, 2.75) is 6.92 Å². The predicted molar refractivity (Wildman–Crippen MR) is 71.7 cm³/mol. The van der Waals surface area contributed by atoms with Crippen LogP contribution in [0.4, 0.5) is 5.69 Å². The van der Waals surface area contributed by atoms with Gasteiger partial charge in [0.15, 0.2) is 0 Å². The second-order valence-corrected chi connectivity index (χ2v) is 4.44. The molecule has 1 rings (SSSR count). The van der Waals surface area contributed by atoms with Crippen LogP contribution in [0.2, 0.25) is 0 Å². The number of nitro groups is 1. The Kier molecular flexibility index (Phi) is 5.73. The van der Waals surface area contributed by atoms with Crippen molar-refractivity contribution in [2.75, 3.05) is 19.6 Å². The van der Waals surface area contributed by atoms with Crippen molar-refractivity contribution < 1.29 is 9.72 Å². The molecule has 7 heteroatoms. The van der Waals surface area contributed by atoms with Crippen LogP contribution in [-0.4, -0.2) is 30.5 Å². The predicted octanol–water partition coefficient (Wildman–Crippen LogP) is 1.70. The number of likely N-dealkylation sites (N-methyl/N-ethyl adjacent to an activating group) is 1. The van der Waals surface area contributed by atoms with Crippen LogP contribution in [0.25, 0.3) is 0 Å². The van der Waals surface area contributed by atoms with E-state index in [1.54, 1.807) is 6.07 Å². The maximum absolute atomic E-state index is 11.8. The first-order chi connectivity index (χ1) is 8.56. The third kappa shape index (κ3) is 4.08. The SMILES string of the molecule is CCNCCNC(=O)c1ccc(Br)cc1[N+](=O)[O-]. The lowest BCUT2D eigenvalue weighted by atomic mass is 10.1. The molecule has 98 valence electrons. The summed E-state index contributed by atoms with van der Waals surface area (Å²) in [5.41, 5.74) is -0.134. The average Bonchev–Trinajstić information content (AvgIpc) is 2.34. The van der Waals surface area contributed by atoms with Crippen molar-refractivity contribution in [1.29, 1.82) is 0 Å². The lowest BCUT2D eigenvalue weighted by molar-refractivity contribution is -0.385. The summed E-state index contributed by atoms with van der Waals surface area (Å²) in [5, 5.41) is 16.5. The van der Waals surface area contributed by atoms with Crippen molar-refractivity contribution >= 4 is 27.5 Å². The van der Waals surface area contributed by atoms with Crippen LogP contribution >= 0.6 is 15.9 Å². The van der Waals surface area contributed by atoms with E-state index in [9.17, 15) is 14.9 Å². The molecule has 0 heterocycles. The quantitative estimate of drug-likeness (QED) is 0.475. The minimum atomic E-state index is -0.566. The number of halogens is 1. The van der Waals surface area contributed by atoms with Crippen LogP contribution in [0.1, 0.15) is 17.3 Å². The first kappa shape index (κ1) is 14.6. The number of carbonyl (C=O) groups excluding carboxylic acids is 1. The van der Waals surface area contributed by atoms with E-state index in [2.05, 4.69) is 26.6 Å². The molecular formula is C11H14BrN3O3. The first-order valence-electron chi connectivity index (χ1n) is 5.49. The molecule has 0 fully saturated rings. The van der Waals surface area contributed by atoms with Crippen LogP contribution in [0.15, 0.2) is 22.7 Å². The fraction of sp³-hybridized carbons (Fsp3) is 0.364. The fourth-order valence-electron chi connectivity index (χ4n) is 1.38. The van der Waals surface area contributed by atoms with Gasteiger partial charge in [-0.3, -0.25) is 14.9 Å². The topological polar surface area (TPSA) is 84.3 Å². The third-order valence-corrected chi connectivity index (χ3v) is 2.73. The monoisotopic (exact) mass is 315 g/mol. The van der Waals surface area contributed by atoms with Crippen LogP contribution in [-0.2, 0) is 0 Å². The number of amides is 1. The minimum Gasteiger partial charge on any atom is -0.351 e. The minimum absolute atomic E-state index is 0.0692. The Bertz CT molecular complexity index is 451. The number of nitrogens with zero attached hydrogens (tertiary/aromatic N) is 1. The molecule has 0 aromatic heterocycles. The smallest absolute Gasteiger partial charge is 0.283 e. The summed E-state index contributed by atoms with van der Waals surface area (Å²) in [6, 6.07) is 4.36. The number of nitro benzene ring substituents is 1. The Balaban J connectivity index is 2.76. The molecule has 1 aromatic carbocycles. The van der Waals surface area contributed by atoms with Crippen LogP contribution in [0.3, 0.4) is 0 Å². The number of carbonyl (C=O) groups is 1. The van der Waals surface area contributed by atoms with E-state index in [1.165, 1.54) is 12.1 Å². The zero-order chi connectivity index (χ0) is 13.5. The summed E-state index contributed by atoms with van der Waals surface area (Å²) >= 11 is 3.14. The molecule has 0 aliphatic carbocycles. The molecule has 0 atom stereocenters. The Morgan fingerprint density at radius 3 is 2.78 bits per heavy atom. The van der Waals surface area contributed by atoms with E-state index < -0.39 is 10.8 Å². The standard InChI is InChI=1S/C11H14BrN3O3/c1-2-13-5-6-14-11(16)9-4-3-8(12)7-10(9)15(17)18/h3-4,7,13H,2,5-6H2,1H3,(H,14,16). The van der Waals surface area contributed by atoms with E-state index in [-0.39, 0.29) is 11.3 Å². The normalized spacial score (nSPS) is 10.1. The maximum atomic E-state index is 11.8. The van der Waals surface area contributed by atoms with E-state index >= 15 is 0 Å². The zero-order valence-corrected chi connectivity index (χ0v) is 11.5. The number of rotatable bonds is 6. The molecule has 0 spiro atoms. The van der Waals surface area contributed by atoms with Crippen molar-refractivity contribution in [2.24, 2.45) is 0 Å². The van der Waals surface area contributed by atoms with E-state index in [0.717, 1.165) is 6.54 Å². The van der Waals surface area contributed by atoms with Crippen LogP contribution in [0.5, 0.6) is 0 Å². The number of benzene rings is 1. The number of nitrogens with one attached hydrogen (secondary N) is 2. The highest BCUT2D eigenvalue weighted by Gasteiger charge is 2.19. The van der Waals surface area contributed by atoms with Crippen LogP contribution in [0, 0.1) is 10.1 Å². The van der Waals surface area contributed by atoms with E-state index in [4.69, 9.17) is 0 Å². The Hall–Kier alpha value is -1.47. The molecule has 1 aromatic rings. The lowest BCUT2D eigenvalue weighted by Gasteiger charge is -2.06. The molecule has 0 saturated heterocycles. The Morgan fingerprint density at radius 1 is 1.44 bits per heavy atom. The molecule has 1 amide bonds. The molecule has 0 unspecified atom stereocenters. The van der Waals surface area contributed by atoms with Crippen molar-refractivity contribution in [1.82, 2.24) is 10.6 Å². The van der Waals surface area contributed by atoms with Gasteiger partial charge in [-0.15, -0.1) is 0 Å². The third-order valence-electron chi connectivity index (χ3n) is 2.24. The highest BCUT2D eigenvalue weighted by molar-refractivity contribution is 9.10. The number of hydrogen-bond donors (Lipinski definition) is 2. The van der Waals surface area contributed by atoms with Crippen molar-refractivity contribution in [3.8, 4) is 0 Å². The molecule has 6 nitrogen and oxygen atoms in total. The molecule has 0 aliphatic heterocycles. The van der Waals surface area contributed by atoms with Crippen molar-refractivity contribution in [3.63, 3.8) is 0 Å². The molecule has 0 saturated carbocycles. The molecule has 0 radical (unpaired) electrons. The van der Waals surface area contributed by atoms with Crippen molar-refractivity contribution in [3.05, 3.63) is 38.3 Å². The maximum Gasteiger partial charge on any atom is 0.283 e. The fourth-order valence-corrected chi connectivity index (χ4v) is 1.73. The highest BCUT2D eigenvalue weighted by Crippen LogP contribution is 2.23. The second kappa shape index (κ2) is 7.07. The second-order valence-electron chi connectivity index (χ2n) is 3.53. The summed E-state index contributed by atoms with van der Waals surface area (Å²) in [6.45, 7) is 3.84. The summed E-state index contributed by atoms with van der Waals surface area (Å²) in [7, 11) is 0. The molecule has 0 bridgehead atoms.